The number of ether oxygens (including phenoxy) is 2. The average Bonchev–Trinajstić information content (AvgIpc) is 3.33. The van der Waals surface area contributed by atoms with E-state index in [-0.39, 0.29) is 11.1 Å². The fourth-order valence-corrected chi connectivity index (χ4v) is 6.48. The molecule has 4 nitrogen and oxygen atoms in total. The van der Waals surface area contributed by atoms with Gasteiger partial charge in [0.05, 0.1) is 12.3 Å². The summed E-state index contributed by atoms with van der Waals surface area (Å²) in [6, 6.07) is 11.1. The first-order chi connectivity index (χ1) is 15.9. The molecular weight excluding hydrogens is 428 g/mol. The summed E-state index contributed by atoms with van der Waals surface area (Å²) >= 11 is 2.00. The Balaban J connectivity index is 1.19. The smallest absolute Gasteiger partial charge is 0.123 e. The highest BCUT2D eigenvalue weighted by Gasteiger charge is 2.41. The number of pyridine rings is 1. The van der Waals surface area contributed by atoms with E-state index in [0.717, 1.165) is 75.1 Å². The molecule has 5 heteroatoms. The van der Waals surface area contributed by atoms with Crippen molar-refractivity contribution in [1.82, 2.24) is 9.88 Å². The summed E-state index contributed by atoms with van der Waals surface area (Å²) < 4.78 is 12.1. The molecule has 3 aliphatic heterocycles. The lowest BCUT2D eigenvalue weighted by molar-refractivity contribution is -0.0355. The number of hydrogen-bond acceptors (Lipinski definition) is 5. The van der Waals surface area contributed by atoms with Crippen molar-refractivity contribution < 1.29 is 9.47 Å². The van der Waals surface area contributed by atoms with Gasteiger partial charge in [0.2, 0.25) is 0 Å². The average molecular weight is 467 g/mol. The SMILES string of the molecule is CC(C)(C)N1CCC2(CCc3cc(-c4ccc(CSCC5CCOC5)cn4)ccc3O2)CC1. The number of nitrogens with zero attached hydrogens (tertiary/aromatic N) is 2. The van der Waals surface area contributed by atoms with Crippen LogP contribution in [0.25, 0.3) is 11.3 Å². The second-order valence-electron chi connectivity index (χ2n) is 11.1. The number of rotatable bonds is 5. The van der Waals surface area contributed by atoms with Crippen molar-refractivity contribution in [3.05, 3.63) is 47.7 Å². The third-order valence-corrected chi connectivity index (χ3v) is 8.87. The molecule has 2 aromatic rings. The van der Waals surface area contributed by atoms with Crippen LogP contribution in [0.2, 0.25) is 0 Å². The maximum atomic E-state index is 6.66. The highest BCUT2D eigenvalue weighted by atomic mass is 32.2. The molecule has 1 atom stereocenters. The maximum absolute atomic E-state index is 6.66. The number of thioether (sulfide) groups is 1. The summed E-state index contributed by atoms with van der Waals surface area (Å²) in [5.41, 5.74) is 5.14. The third-order valence-electron chi connectivity index (χ3n) is 7.63. The molecule has 5 rings (SSSR count). The van der Waals surface area contributed by atoms with Crippen LogP contribution < -0.4 is 4.74 Å². The Labute approximate surface area is 203 Å². The van der Waals surface area contributed by atoms with Gasteiger partial charge in [0.15, 0.2) is 0 Å². The number of aromatic nitrogens is 1. The number of hydrogen-bond donors (Lipinski definition) is 0. The molecule has 0 aliphatic carbocycles. The topological polar surface area (TPSA) is 34.6 Å². The van der Waals surface area contributed by atoms with E-state index in [1.54, 1.807) is 0 Å². The molecule has 2 saturated heterocycles. The molecule has 1 spiro atoms. The van der Waals surface area contributed by atoms with Crippen LogP contribution in [0.1, 0.15) is 57.6 Å². The Hall–Kier alpha value is -1.56. The highest BCUT2D eigenvalue weighted by Crippen LogP contribution is 2.41. The molecule has 0 saturated carbocycles. The number of fused-ring (bicyclic) bond motifs is 1. The first-order valence-electron chi connectivity index (χ1n) is 12.6. The normalized spacial score (nSPS) is 22.8. The molecule has 1 unspecified atom stereocenters. The minimum Gasteiger partial charge on any atom is -0.487 e. The zero-order chi connectivity index (χ0) is 22.9. The minimum absolute atomic E-state index is 0.0262. The Morgan fingerprint density at radius 2 is 1.97 bits per heavy atom. The van der Waals surface area contributed by atoms with Crippen molar-refractivity contribution >= 4 is 11.8 Å². The van der Waals surface area contributed by atoms with E-state index in [9.17, 15) is 0 Å². The largest absolute Gasteiger partial charge is 0.487 e. The lowest BCUT2D eigenvalue weighted by Crippen LogP contribution is -2.54. The van der Waals surface area contributed by atoms with Crippen LogP contribution in [0.4, 0.5) is 0 Å². The zero-order valence-electron chi connectivity index (χ0n) is 20.4. The van der Waals surface area contributed by atoms with Crippen molar-refractivity contribution in [2.75, 3.05) is 32.1 Å². The fraction of sp³-hybridized carbons (Fsp3) is 0.607. The number of benzene rings is 1. The van der Waals surface area contributed by atoms with Gasteiger partial charge < -0.3 is 9.47 Å². The van der Waals surface area contributed by atoms with E-state index < -0.39 is 0 Å². The summed E-state index contributed by atoms with van der Waals surface area (Å²) in [4.78, 5) is 7.37. The second kappa shape index (κ2) is 9.59. The van der Waals surface area contributed by atoms with Gasteiger partial charge in [0.25, 0.3) is 0 Å². The Morgan fingerprint density at radius 3 is 2.67 bits per heavy atom. The minimum atomic E-state index is 0.0262. The van der Waals surface area contributed by atoms with Crippen LogP contribution in [0.15, 0.2) is 36.5 Å². The van der Waals surface area contributed by atoms with Gasteiger partial charge >= 0.3 is 0 Å². The molecule has 178 valence electrons. The maximum Gasteiger partial charge on any atom is 0.123 e. The van der Waals surface area contributed by atoms with Crippen LogP contribution in [-0.2, 0) is 16.9 Å². The predicted octanol–water partition coefficient (Wildman–Crippen LogP) is 5.98. The van der Waals surface area contributed by atoms with Crippen molar-refractivity contribution in [2.45, 2.75) is 69.8 Å². The van der Waals surface area contributed by atoms with Gasteiger partial charge in [-0.25, -0.2) is 0 Å². The van der Waals surface area contributed by atoms with Gasteiger partial charge in [-0.2, -0.15) is 11.8 Å². The van der Waals surface area contributed by atoms with Gasteiger partial charge in [-0.15, -0.1) is 0 Å². The lowest BCUT2D eigenvalue weighted by Gasteiger charge is -2.48. The van der Waals surface area contributed by atoms with E-state index in [1.165, 1.54) is 28.9 Å². The van der Waals surface area contributed by atoms with Gasteiger partial charge in [-0.05, 0) is 99.9 Å². The summed E-state index contributed by atoms with van der Waals surface area (Å²) in [6.07, 6.45) is 7.72. The van der Waals surface area contributed by atoms with Gasteiger partial charge in [0.1, 0.15) is 11.4 Å². The molecule has 33 heavy (non-hydrogen) atoms. The van der Waals surface area contributed by atoms with Crippen LogP contribution in [0.3, 0.4) is 0 Å². The molecule has 0 amide bonds. The van der Waals surface area contributed by atoms with Crippen molar-refractivity contribution in [2.24, 2.45) is 5.92 Å². The quantitative estimate of drug-likeness (QED) is 0.542. The molecular formula is C28H38N2O2S. The summed E-state index contributed by atoms with van der Waals surface area (Å²) in [6.45, 7) is 11.1. The van der Waals surface area contributed by atoms with E-state index in [4.69, 9.17) is 14.5 Å². The van der Waals surface area contributed by atoms with Gasteiger partial charge in [0, 0.05) is 42.7 Å². The molecule has 0 radical (unpaired) electrons. The van der Waals surface area contributed by atoms with Gasteiger partial charge in [-0.3, -0.25) is 9.88 Å². The van der Waals surface area contributed by atoms with E-state index in [0.29, 0.717) is 0 Å². The molecule has 4 heterocycles. The van der Waals surface area contributed by atoms with E-state index in [1.807, 2.05) is 18.0 Å². The predicted molar refractivity (Wildman–Crippen MR) is 137 cm³/mol. The van der Waals surface area contributed by atoms with Crippen molar-refractivity contribution in [3.63, 3.8) is 0 Å². The Kier molecular flexibility index (Phi) is 6.74. The van der Waals surface area contributed by atoms with Crippen LogP contribution in [0.5, 0.6) is 5.75 Å². The molecule has 0 N–H and O–H groups in total. The number of aryl methyl sites for hydroxylation is 1. The molecule has 1 aromatic carbocycles. The third kappa shape index (κ3) is 5.41. The van der Waals surface area contributed by atoms with E-state index in [2.05, 4.69) is 56.0 Å². The van der Waals surface area contributed by atoms with Crippen LogP contribution in [-0.4, -0.2) is 53.1 Å². The van der Waals surface area contributed by atoms with Crippen LogP contribution >= 0.6 is 11.8 Å². The number of likely N-dealkylation sites (tertiary alicyclic amines) is 1. The highest BCUT2D eigenvalue weighted by molar-refractivity contribution is 7.98. The zero-order valence-corrected chi connectivity index (χ0v) is 21.3. The Morgan fingerprint density at radius 1 is 1.12 bits per heavy atom. The summed E-state index contributed by atoms with van der Waals surface area (Å²) in [5.74, 6) is 4.02. The van der Waals surface area contributed by atoms with Gasteiger partial charge in [-0.1, -0.05) is 6.07 Å². The molecule has 2 fully saturated rings. The molecule has 0 bridgehead atoms. The summed E-state index contributed by atoms with van der Waals surface area (Å²) in [7, 11) is 0. The lowest BCUT2D eigenvalue weighted by atomic mass is 9.81. The number of piperidine rings is 1. The van der Waals surface area contributed by atoms with E-state index >= 15 is 0 Å². The fourth-order valence-electron chi connectivity index (χ4n) is 5.36. The second-order valence-corrected chi connectivity index (χ2v) is 12.1. The van der Waals surface area contributed by atoms with Crippen LogP contribution in [0, 0.1) is 5.92 Å². The monoisotopic (exact) mass is 466 g/mol. The standard InChI is InChI=1S/C28H38N2O2S/c1-27(2,3)30-13-11-28(12-14-30)10-8-24-16-23(5-7-26(24)32-28)25-6-4-21(17-29-25)19-33-20-22-9-15-31-18-22/h4-7,16-17,22H,8-15,18-20H2,1-3H3. The molecule has 3 aliphatic rings. The molecule has 1 aromatic heterocycles. The van der Waals surface area contributed by atoms with Crippen molar-refractivity contribution in [1.29, 1.82) is 0 Å². The Bertz CT molecular complexity index is 939. The van der Waals surface area contributed by atoms with Crippen molar-refractivity contribution in [3.8, 4) is 17.0 Å². The summed E-state index contributed by atoms with van der Waals surface area (Å²) in [5, 5.41) is 0. The first-order valence-corrected chi connectivity index (χ1v) is 13.7. The first kappa shape index (κ1) is 23.2.